The second kappa shape index (κ2) is 12.4. The summed E-state index contributed by atoms with van der Waals surface area (Å²) in [6.45, 7) is 5.12. The van der Waals surface area contributed by atoms with Gasteiger partial charge in [-0.15, -0.1) is 17.3 Å². The third kappa shape index (κ3) is 6.67. The fraction of sp³-hybridized carbons (Fsp3) is 0.267. The van der Waals surface area contributed by atoms with Crippen LogP contribution in [-0.4, -0.2) is 36.4 Å². The molecule has 2 heterocycles. The van der Waals surface area contributed by atoms with Crippen molar-refractivity contribution in [2.45, 2.75) is 32.8 Å². The summed E-state index contributed by atoms with van der Waals surface area (Å²) >= 11 is 1.70. The van der Waals surface area contributed by atoms with Crippen LogP contribution in [0.2, 0.25) is 0 Å². The van der Waals surface area contributed by atoms with Crippen LogP contribution < -0.4 is 9.47 Å². The van der Waals surface area contributed by atoms with E-state index in [1.54, 1.807) is 31.6 Å². The highest BCUT2D eigenvalue weighted by atomic mass is 32.1. The third-order valence-corrected chi connectivity index (χ3v) is 6.89. The Hall–Kier alpha value is -3.86. The van der Waals surface area contributed by atoms with Crippen molar-refractivity contribution < 1.29 is 24.1 Å². The second-order valence-corrected chi connectivity index (χ2v) is 9.44. The number of carboxylic acids is 1. The van der Waals surface area contributed by atoms with Crippen LogP contribution in [0.4, 0.5) is 0 Å². The minimum Gasteiger partial charge on any atom is -0.490 e. The fourth-order valence-corrected chi connectivity index (χ4v) is 4.99. The zero-order chi connectivity index (χ0) is 26.2. The molecular weight excluding hydrogens is 486 g/mol. The number of carboxylic acid groups (broad SMARTS) is 1. The summed E-state index contributed by atoms with van der Waals surface area (Å²) in [6.07, 6.45) is 1.72. The van der Waals surface area contributed by atoms with E-state index < -0.39 is 5.97 Å². The first-order valence-electron chi connectivity index (χ1n) is 11.9. The minimum atomic E-state index is -0.868. The maximum absolute atomic E-state index is 11.2. The zero-order valence-electron chi connectivity index (χ0n) is 21.1. The standard InChI is InChI=1S/C30H29NO5S/c1-4-5-23(15-30(32)33)22-7-9-24(10-8-22)36-18-21-6-11-29-27(14-21)28(19-37-29)26-16-25(17-31-20(26)2)35-13-12-34-3/h6-11,14,16-17,19,23H,12-13,15,18H2,1-3H3,(H,32,33)/t23-/m0/s1. The molecule has 190 valence electrons. The van der Waals surface area contributed by atoms with Crippen molar-refractivity contribution in [3.8, 4) is 34.5 Å². The van der Waals surface area contributed by atoms with E-state index in [-0.39, 0.29) is 12.3 Å². The lowest BCUT2D eigenvalue weighted by molar-refractivity contribution is -0.137. The van der Waals surface area contributed by atoms with Gasteiger partial charge in [-0.1, -0.05) is 24.1 Å². The predicted molar refractivity (Wildman–Crippen MR) is 146 cm³/mol. The molecule has 0 bridgehead atoms. The Labute approximate surface area is 220 Å². The predicted octanol–water partition coefficient (Wildman–Crippen LogP) is 6.46. The van der Waals surface area contributed by atoms with E-state index in [1.807, 2.05) is 37.3 Å². The number of hydrogen-bond acceptors (Lipinski definition) is 6. The SMILES string of the molecule is CC#C[C@@H](CC(=O)O)c1ccc(OCc2ccc3scc(-c4cc(OCCOC)cnc4C)c3c2)cc1. The van der Waals surface area contributed by atoms with Gasteiger partial charge in [-0.2, -0.15) is 0 Å². The summed E-state index contributed by atoms with van der Waals surface area (Å²) in [6, 6.07) is 15.9. The Morgan fingerprint density at radius 3 is 2.59 bits per heavy atom. The van der Waals surface area contributed by atoms with Crippen LogP contribution in [0.15, 0.2) is 60.1 Å². The summed E-state index contributed by atoms with van der Waals surface area (Å²) in [5, 5.41) is 12.5. The monoisotopic (exact) mass is 515 g/mol. The first kappa shape index (κ1) is 26.2. The van der Waals surface area contributed by atoms with Gasteiger partial charge in [0.25, 0.3) is 0 Å². The lowest BCUT2D eigenvalue weighted by Crippen LogP contribution is -2.05. The van der Waals surface area contributed by atoms with Crippen LogP contribution in [0, 0.1) is 18.8 Å². The maximum atomic E-state index is 11.2. The second-order valence-electron chi connectivity index (χ2n) is 8.53. The molecule has 4 rings (SSSR count). The van der Waals surface area contributed by atoms with E-state index in [1.165, 1.54) is 4.70 Å². The summed E-state index contributed by atoms with van der Waals surface area (Å²) in [5.74, 6) is 6.02. The quantitative estimate of drug-likeness (QED) is 0.183. The van der Waals surface area contributed by atoms with Crippen LogP contribution in [0.1, 0.15) is 36.1 Å². The first-order valence-corrected chi connectivity index (χ1v) is 12.8. The van der Waals surface area contributed by atoms with Crippen molar-refractivity contribution >= 4 is 27.4 Å². The molecule has 2 aromatic carbocycles. The number of thiophene rings is 1. The molecule has 0 aliphatic rings. The molecule has 0 aliphatic carbocycles. The van der Waals surface area contributed by atoms with Crippen LogP contribution in [0.25, 0.3) is 21.2 Å². The highest BCUT2D eigenvalue weighted by Gasteiger charge is 2.14. The largest absolute Gasteiger partial charge is 0.490 e. The van der Waals surface area contributed by atoms with Gasteiger partial charge < -0.3 is 19.3 Å². The average Bonchev–Trinajstić information content (AvgIpc) is 3.31. The molecule has 0 spiro atoms. The molecule has 0 unspecified atom stereocenters. The molecular formula is C30H29NO5S. The molecule has 1 atom stereocenters. The topological polar surface area (TPSA) is 77.9 Å². The van der Waals surface area contributed by atoms with E-state index in [0.29, 0.717) is 25.6 Å². The molecule has 6 nitrogen and oxygen atoms in total. The van der Waals surface area contributed by atoms with Gasteiger partial charge in [-0.25, -0.2) is 0 Å². The number of fused-ring (bicyclic) bond motifs is 1. The molecule has 7 heteroatoms. The molecule has 4 aromatic rings. The van der Waals surface area contributed by atoms with Crippen molar-refractivity contribution in [1.29, 1.82) is 0 Å². The smallest absolute Gasteiger partial charge is 0.304 e. The Morgan fingerprint density at radius 2 is 1.86 bits per heavy atom. The van der Waals surface area contributed by atoms with Crippen molar-refractivity contribution in [2.75, 3.05) is 20.3 Å². The third-order valence-electron chi connectivity index (χ3n) is 5.93. The normalized spacial score (nSPS) is 11.5. The van der Waals surface area contributed by atoms with Crippen LogP contribution in [-0.2, 0) is 16.1 Å². The average molecular weight is 516 g/mol. The van der Waals surface area contributed by atoms with Crippen molar-refractivity contribution in [3.05, 3.63) is 76.9 Å². The number of ether oxygens (including phenoxy) is 3. The van der Waals surface area contributed by atoms with Crippen molar-refractivity contribution in [3.63, 3.8) is 0 Å². The number of nitrogens with zero attached hydrogens (tertiary/aromatic N) is 1. The van der Waals surface area contributed by atoms with Crippen LogP contribution >= 0.6 is 11.3 Å². The lowest BCUT2D eigenvalue weighted by Gasteiger charge is -2.11. The van der Waals surface area contributed by atoms with Gasteiger partial charge in [-0.3, -0.25) is 9.78 Å². The summed E-state index contributed by atoms with van der Waals surface area (Å²) in [5.41, 5.74) is 5.02. The van der Waals surface area contributed by atoms with E-state index in [9.17, 15) is 4.79 Å². The number of carbonyl (C=O) groups is 1. The molecule has 1 N–H and O–H groups in total. The molecule has 0 saturated carbocycles. The van der Waals surface area contributed by atoms with Gasteiger partial charge >= 0.3 is 5.97 Å². The number of aliphatic carboxylic acids is 1. The number of pyridine rings is 1. The van der Waals surface area contributed by atoms with E-state index in [0.717, 1.165) is 39.1 Å². The minimum absolute atomic E-state index is 0.0266. The number of methoxy groups -OCH3 is 1. The van der Waals surface area contributed by atoms with Crippen molar-refractivity contribution in [1.82, 2.24) is 4.98 Å². The van der Waals surface area contributed by atoms with Gasteiger partial charge in [0, 0.05) is 34.0 Å². The summed E-state index contributed by atoms with van der Waals surface area (Å²) in [7, 11) is 1.65. The summed E-state index contributed by atoms with van der Waals surface area (Å²) < 4.78 is 18.1. The molecule has 0 amide bonds. The molecule has 0 radical (unpaired) electrons. The molecule has 0 saturated heterocycles. The first-order chi connectivity index (χ1) is 18.0. The van der Waals surface area contributed by atoms with Gasteiger partial charge in [0.1, 0.15) is 24.7 Å². The maximum Gasteiger partial charge on any atom is 0.304 e. The fourth-order valence-electron chi connectivity index (χ4n) is 4.05. The van der Waals surface area contributed by atoms with Gasteiger partial charge in [0.2, 0.25) is 0 Å². The Balaban J connectivity index is 1.50. The Morgan fingerprint density at radius 1 is 1.05 bits per heavy atom. The summed E-state index contributed by atoms with van der Waals surface area (Å²) in [4.78, 5) is 15.7. The van der Waals surface area contributed by atoms with Gasteiger partial charge in [-0.05, 0) is 60.7 Å². The Bertz CT molecular complexity index is 1430. The van der Waals surface area contributed by atoms with E-state index >= 15 is 0 Å². The van der Waals surface area contributed by atoms with Crippen LogP contribution in [0.5, 0.6) is 11.5 Å². The highest BCUT2D eigenvalue weighted by Crippen LogP contribution is 2.37. The Kier molecular flexibility index (Phi) is 8.78. The van der Waals surface area contributed by atoms with E-state index in [4.69, 9.17) is 19.3 Å². The molecule has 0 aliphatic heterocycles. The zero-order valence-corrected chi connectivity index (χ0v) is 21.9. The van der Waals surface area contributed by atoms with Gasteiger partial charge in [0.05, 0.1) is 25.1 Å². The van der Waals surface area contributed by atoms with E-state index in [2.05, 4.69) is 40.4 Å². The molecule has 0 fully saturated rings. The van der Waals surface area contributed by atoms with Crippen LogP contribution in [0.3, 0.4) is 0 Å². The number of rotatable bonds is 11. The highest BCUT2D eigenvalue weighted by molar-refractivity contribution is 7.17. The number of benzene rings is 2. The number of hydrogen-bond donors (Lipinski definition) is 1. The molecule has 37 heavy (non-hydrogen) atoms. The number of aryl methyl sites for hydroxylation is 1. The lowest BCUT2D eigenvalue weighted by atomic mass is 9.96. The molecule has 2 aromatic heterocycles. The van der Waals surface area contributed by atoms with Gasteiger partial charge in [0.15, 0.2) is 0 Å². The number of aromatic nitrogens is 1. The van der Waals surface area contributed by atoms with Crippen molar-refractivity contribution in [2.24, 2.45) is 0 Å².